The van der Waals surface area contributed by atoms with Gasteiger partial charge in [0.05, 0.1) is 23.1 Å². The monoisotopic (exact) mass is 613 g/mol. The Labute approximate surface area is 247 Å². The van der Waals surface area contributed by atoms with Gasteiger partial charge >= 0.3 is 6.09 Å². The van der Waals surface area contributed by atoms with Crippen LogP contribution in [0.2, 0.25) is 0 Å². The molecule has 3 heterocycles. The first-order valence-electron chi connectivity index (χ1n) is 13.2. The van der Waals surface area contributed by atoms with Crippen LogP contribution in [0, 0.1) is 0 Å². The third-order valence-corrected chi connectivity index (χ3v) is 8.47. The Morgan fingerprint density at radius 3 is 2.43 bits per heavy atom. The van der Waals surface area contributed by atoms with Crippen LogP contribution in [-0.4, -0.2) is 60.4 Å². The topological polar surface area (TPSA) is 136 Å². The molecule has 1 aliphatic rings. The summed E-state index contributed by atoms with van der Waals surface area (Å²) in [7, 11) is -1.87. The summed E-state index contributed by atoms with van der Waals surface area (Å²) in [5, 5.41) is 14.0. The van der Waals surface area contributed by atoms with Crippen LogP contribution in [0.1, 0.15) is 34.5 Å². The fraction of sp³-hybridized carbons (Fsp3) is 0.310. The number of hydrogen-bond acceptors (Lipinski definition) is 8. The molecule has 1 fully saturated rings. The molecular weight excluding hydrogens is 582 g/mol. The minimum Gasteiger partial charge on any atom is -0.490 e. The van der Waals surface area contributed by atoms with E-state index in [0.29, 0.717) is 59.9 Å². The molecule has 11 nitrogen and oxygen atoms in total. The number of rotatable bonds is 10. The van der Waals surface area contributed by atoms with Gasteiger partial charge in [-0.3, -0.25) is 8.98 Å². The van der Waals surface area contributed by atoms with Gasteiger partial charge < -0.3 is 29.4 Å². The maximum atomic E-state index is 13.3. The molecular formula is C29H31N3O8S2. The summed E-state index contributed by atoms with van der Waals surface area (Å²) < 4.78 is 43.3. The maximum Gasteiger partial charge on any atom is 0.407 e. The first kappa shape index (κ1) is 29.4. The van der Waals surface area contributed by atoms with E-state index in [1.807, 2.05) is 29.1 Å². The van der Waals surface area contributed by atoms with E-state index in [1.54, 1.807) is 53.8 Å². The van der Waals surface area contributed by atoms with Crippen LogP contribution in [0.25, 0.3) is 10.2 Å². The Balaban J connectivity index is 1.29. The van der Waals surface area contributed by atoms with Gasteiger partial charge in [-0.2, -0.15) is 8.42 Å². The van der Waals surface area contributed by atoms with Crippen molar-refractivity contribution in [1.82, 2.24) is 9.47 Å². The van der Waals surface area contributed by atoms with Gasteiger partial charge in [0.15, 0.2) is 0 Å². The predicted molar refractivity (Wildman–Crippen MR) is 159 cm³/mol. The number of aromatic nitrogens is 1. The number of hydrogen-bond donors (Lipinski definition) is 2. The molecule has 222 valence electrons. The molecule has 0 atom stereocenters. The Bertz CT molecular complexity index is 1690. The summed E-state index contributed by atoms with van der Waals surface area (Å²) in [6.07, 6.45) is 1.23. The molecule has 0 unspecified atom stereocenters. The molecule has 2 N–H and O–H groups in total. The Morgan fingerprint density at radius 1 is 1.05 bits per heavy atom. The van der Waals surface area contributed by atoms with E-state index in [4.69, 9.17) is 18.8 Å². The zero-order valence-corrected chi connectivity index (χ0v) is 24.7. The van der Waals surface area contributed by atoms with Crippen molar-refractivity contribution >= 4 is 49.4 Å². The molecule has 0 aliphatic carbocycles. The zero-order valence-electron chi connectivity index (χ0n) is 23.1. The van der Waals surface area contributed by atoms with Crippen molar-refractivity contribution in [3.05, 3.63) is 76.8 Å². The smallest absolute Gasteiger partial charge is 0.407 e. The highest BCUT2D eigenvalue weighted by Crippen LogP contribution is 2.28. The Hall–Kier alpha value is -4.07. The van der Waals surface area contributed by atoms with E-state index >= 15 is 0 Å². The SMILES string of the molecule is Cn1c(C(=O)Nc2cccc(COS(C)(=O)=O)c2COc2ccc(OC3CCN(C(=O)O)CC3)cc2)cc2sccc21. The van der Waals surface area contributed by atoms with Crippen molar-refractivity contribution in [3.63, 3.8) is 0 Å². The number of carboxylic acid groups (broad SMARTS) is 1. The first-order valence-corrected chi connectivity index (χ1v) is 15.9. The van der Waals surface area contributed by atoms with Gasteiger partial charge in [0, 0.05) is 44.2 Å². The van der Waals surface area contributed by atoms with Gasteiger partial charge in [-0.15, -0.1) is 11.3 Å². The van der Waals surface area contributed by atoms with Crippen molar-refractivity contribution in [2.45, 2.75) is 32.2 Å². The normalized spacial score (nSPS) is 14.2. The van der Waals surface area contributed by atoms with Crippen LogP contribution in [0.5, 0.6) is 11.5 Å². The average molecular weight is 614 g/mol. The molecule has 2 amide bonds. The Morgan fingerprint density at radius 2 is 1.76 bits per heavy atom. The summed E-state index contributed by atoms with van der Waals surface area (Å²) in [5.74, 6) is 0.884. The molecule has 42 heavy (non-hydrogen) atoms. The predicted octanol–water partition coefficient (Wildman–Crippen LogP) is 5.07. The van der Waals surface area contributed by atoms with Crippen molar-refractivity contribution < 1.29 is 36.8 Å². The lowest BCUT2D eigenvalue weighted by molar-refractivity contribution is 0.0893. The lowest BCUT2D eigenvalue weighted by Gasteiger charge is -2.30. The summed E-state index contributed by atoms with van der Waals surface area (Å²) in [5.41, 5.74) is 3.06. The van der Waals surface area contributed by atoms with E-state index in [1.165, 1.54) is 4.90 Å². The third kappa shape index (κ3) is 7.04. The lowest BCUT2D eigenvalue weighted by Crippen LogP contribution is -2.41. The van der Waals surface area contributed by atoms with E-state index in [9.17, 15) is 18.0 Å². The van der Waals surface area contributed by atoms with Crippen molar-refractivity contribution in [3.8, 4) is 11.5 Å². The number of nitrogens with one attached hydrogen (secondary N) is 1. The van der Waals surface area contributed by atoms with Gasteiger partial charge in [-0.1, -0.05) is 12.1 Å². The highest BCUT2D eigenvalue weighted by Gasteiger charge is 2.23. The first-order chi connectivity index (χ1) is 20.1. The minimum absolute atomic E-state index is 0.0367. The van der Waals surface area contributed by atoms with Crippen LogP contribution in [0.15, 0.2) is 60.0 Å². The van der Waals surface area contributed by atoms with E-state index < -0.39 is 16.2 Å². The fourth-order valence-corrected chi connectivity index (χ4v) is 6.00. The van der Waals surface area contributed by atoms with Crippen LogP contribution in [0.3, 0.4) is 0 Å². The number of carbonyl (C=O) groups excluding carboxylic acids is 1. The number of piperidine rings is 1. The van der Waals surface area contributed by atoms with Gasteiger partial charge in [-0.05, 0) is 53.4 Å². The Kier molecular flexibility index (Phi) is 8.71. The summed E-state index contributed by atoms with van der Waals surface area (Å²) >= 11 is 1.55. The number of likely N-dealkylation sites (tertiary alicyclic amines) is 1. The summed E-state index contributed by atoms with van der Waals surface area (Å²) in [6, 6.07) is 16.0. The number of anilines is 1. The average Bonchev–Trinajstić information content (AvgIpc) is 3.55. The molecule has 1 aliphatic heterocycles. The van der Waals surface area contributed by atoms with Gasteiger partial charge in [0.25, 0.3) is 16.0 Å². The second-order valence-electron chi connectivity index (χ2n) is 9.97. The molecule has 4 aromatic rings. The number of ether oxygens (including phenoxy) is 2. The van der Waals surface area contributed by atoms with Crippen molar-refractivity contribution in [1.29, 1.82) is 0 Å². The summed E-state index contributed by atoms with van der Waals surface area (Å²) in [6.45, 7) is 0.694. The number of thiophene rings is 1. The lowest BCUT2D eigenvalue weighted by atomic mass is 10.1. The standard InChI is InChI=1S/C29H31N3O8S2/c1-31-25-12-15-41-27(25)16-26(31)28(33)30-24-5-3-4-19(17-39-42(2,36)37)23(24)18-38-20-6-8-21(9-7-20)40-22-10-13-32(14-11-22)29(34)35/h3-9,12,15-16,22H,10-11,13-14,17-18H2,1-2H3,(H,30,33)(H,34,35). The number of amides is 2. The minimum atomic E-state index is -3.70. The van der Waals surface area contributed by atoms with E-state index in [-0.39, 0.29) is 25.2 Å². The van der Waals surface area contributed by atoms with Crippen LogP contribution in [0.4, 0.5) is 10.5 Å². The molecule has 0 spiro atoms. The largest absolute Gasteiger partial charge is 0.490 e. The van der Waals surface area contributed by atoms with Crippen molar-refractivity contribution in [2.24, 2.45) is 7.05 Å². The zero-order chi connectivity index (χ0) is 29.9. The van der Waals surface area contributed by atoms with Gasteiger partial charge in [-0.25, -0.2) is 4.79 Å². The summed E-state index contributed by atoms with van der Waals surface area (Å²) in [4.78, 5) is 25.8. The number of nitrogens with zero attached hydrogens (tertiary/aromatic N) is 2. The van der Waals surface area contributed by atoms with Gasteiger partial charge in [0.2, 0.25) is 0 Å². The maximum absolute atomic E-state index is 13.3. The van der Waals surface area contributed by atoms with Crippen LogP contribution in [-0.2, 0) is 34.6 Å². The van der Waals surface area contributed by atoms with Gasteiger partial charge in [0.1, 0.15) is 29.9 Å². The molecule has 0 bridgehead atoms. The van der Waals surface area contributed by atoms with Crippen LogP contribution < -0.4 is 14.8 Å². The number of fused-ring (bicyclic) bond motifs is 1. The number of benzene rings is 2. The quantitative estimate of drug-likeness (QED) is 0.237. The molecule has 5 rings (SSSR count). The van der Waals surface area contributed by atoms with Crippen LogP contribution >= 0.6 is 11.3 Å². The van der Waals surface area contributed by atoms with E-state index in [2.05, 4.69) is 5.32 Å². The third-order valence-electron chi connectivity index (χ3n) is 7.07. The second kappa shape index (κ2) is 12.4. The molecule has 2 aromatic carbocycles. The molecule has 1 saturated heterocycles. The molecule has 0 radical (unpaired) electrons. The number of carbonyl (C=O) groups is 2. The highest BCUT2D eigenvalue weighted by atomic mass is 32.2. The van der Waals surface area contributed by atoms with E-state index in [0.717, 1.165) is 16.5 Å². The fourth-order valence-electron chi connectivity index (χ4n) is 4.81. The highest BCUT2D eigenvalue weighted by molar-refractivity contribution is 7.85. The van der Waals surface area contributed by atoms with Crippen molar-refractivity contribution in [2.75, 3.05) is 24.7 Å². The molecule has 13 heteroatoms. The molecule has 2 aromatic heterocycles. The molecule has 0 saturated carbocycles. The second-order valence-corrected chi connectivity index (χ2v) is 12.6. The number of aryl methyl sites for hydroxylation is 1.